The van der Waals surface area contributed by atoms with E-state index in [1.165, 1.54) is 15.3 Å². The van der Waals surface area contributed by atoms with Crippen molar-refractivity contribution in [1.29, 1.82) is 0 Å². The van der Waals surface area contributed by atoms with Crippen LogP contribution in [0.2, 0.25) is 0 Å². The number of sulfonamides is 1. The number of hydrogen-bond donors (Lipinski definition) is 1. The normalized spacial score (nSPS) is 15.1. The zero-order chi connectivity index (χ0) is 27.0. The molecule has 1 aliphatic carbocycles. The van der Waals surface area contributed by atoms with Crippen molar-refractivity contribution in [1.82, 2.24) is 10.2 Å². The standard InChI is InChI=1S/C28H38FN3O4S/c1-21-11-9-15-25(19-21)32(37(3,35)36)18-10-17-27(33)31(20-23-12-7-8-16-26(23)29)22(2)28(34)30-24-13-5-4-6-14-24/h7-9,11-12,15-16,19,22,24H,4-6,10,13-14,17-18,20H2,1-3H3,(H,30,34)/t22-/m1/s1. The van der Waals surface area contributed by atoms with Gasteiger partial charge >= 0.3 is 0 Å². The van der Waals surface area contributed by atoms with E-state index in [1.807, 2.05) is 13.0 Å². The molecular weight excluding hydrogens is 493 g/mol. The van der Waals surface area contributed by atoms with Crippen LogP contribution in [0, 0.1) is 12.7 Å². The van der Waals surface area contributed by atoms with Gasteiger partial charge in [-0.1, -0.05) is 49.6 Å². The summed E-state index contributed by atoms with van der Waals surface area (Å²) in [6.07, 6.45) is 6.54. The molecule has 0 saturated heterocycles. The van der Waals surface area contributed by atoms with Gasteiger partial charge in [0, 0.05) is 31.1 Å². The number of nitrogens with one attached hydrogen (secondary N) is 1. The fourth-order valence-electron chi connectivity index (χ4n) is 4.75. The zero-order valence-corrected chi connectivity index (χ0v) is 22.8. The van der Waals surface area contributed by atoms with Gasteiger partial charge in [-0.2, -0.15) is 0 Å². The first-order valence-electron chi connectivity index (χ1n) is 12.9. The summed E-state index contributed by atoms with van der Waals surface area (Å²) in [5.74, 6) is -1.02. The molecule has 0 aliphatic heterocycles. The fraction of sp³-hybridized carbons (Fsp3) is 0.500. The van der Waals surface area contributed by atoms with Crippen LogP contribution in [0.25, 0.3) is 0 Å². The lowest BCUT2D eigenvalue weighted by Gasteiger charge is -2.31. The number of rotatable bonds is 11. The molecule has 0 bridgehead atoms. The molecule has 2 amide bonds. The number of carbonyl (C=O) groups is 2. The third-order valence-electron chi connectivity index (χ3n) is 6.86. The molecule has 0 spiro atoms. The van der Waals surface area contributed by atoms with Crippen LogP contribution >= 0.6 is 0 Å². The Morgan fingerprint density at radius 3 is 2.43 bits per heavy atom. The molecule has 1 atom stereocenters. The predicted octanol–water partition coefficient (Wildman–Crippen LogP) is 4.55. The van der Waals surface area contributed by atoms with Crippen LogP contribution < -0.4 is 9.62 Å². The van der Waals surface area contributed by atoms with Crippen molar-refractivity contribution >= 4 is 27.5 Å². The lowest BCUT2D eigenvalue weighted by Crippen LogP contribution is -2.50. The van der Waals surface area contributed by atoms with E-state index in [-0.39, 0.29) is 43.8 Å². The van der Waals surface area contributed by atoms with Gasteiger partial charge in [0.25, 0.3) is 0 Å². The molecule has 0 radical (unpaired) electrons. The molecule has 2 aromatic rings. The highest BCUT2D eigenvalue weighted by Crippen LogP contribution is 2.21. The molecule has 2 aromatic carbocycles. The van der Waals surface area contributed by atoms with Crippen molar-refractivity contribution in [3.63, 3.8) is 0 Å². The van der Waals surface area contributed by atoms with Crippen molar-refractivity contribution in [3.8, 4) is 0 Å². The smallest absolute Gasteiger partial charge is 0.242 e. The highest BCUT2D eigenvalue weighted by atomic mass is 32.2. The summed E-state index contributed by atoms with van der Waals surface area (Å²) in [4.78, 5) is 27.8. The maximum Gasteiger partial charge on any atom is 0.242 e. The third kappa shape index (κ3) is 8.28. The molecular formula is C28H38FN3O4S. The number of carbonyl (C=O) groups excluding carboxylic acids is 2. The number of hydrogen-bond acceptors (Lipinski definition) is 4. The summed E-state index contributed by atoms with van der Waals surface area (Å²) in [7, 11) is -3.56. The first-order valence-corrected chi connectivity index (χ1v) is 14.8. The summed E-state index contributed by atoms with van der Waals surface area (Å²) in [5, 5.41) is 3.06. The van der Waals surface area contributed by atoms with Gasteiger partial charge in [0.05, 0.1) is 11.9 Å². The number of anilines is 1. The van der Waals surface area contributed by atoms with E-state index in [2.05, 4.69) is 5.32 Å². The molecule has 0 heterocycles. The van der Waals surface area contributed by atoms with Gasteiger partial charge in [0.2, 0.25) is 21.8 Å². The first kappa shape index (κ1) is 28.6. The maximum atomic E-state index is 14.4. The molecule has 37 heavy (non-hydrogen) atoms. The Hall–Kier alpha value is -2.94. The van der Waals surface area contributed by atoms with Crippen molar-refractivity contribution in [2.75, 3.05) is 17.1 Å². The number of amides is 2. The van der Waals surface area contributed by atoms with Crippen LogP contribution in [0.1, 0.15) is 63.0 Å². The maximum absolute atomic E-state index is 14.4. The second kappa shape index (κ2) is 13.0. The zero-order valence-electron chi connectivity index (χ0n) is 22.0. The Kier molecular flexibility index (Phi) is 10.1. The number of aryl methyl sites for hydroxylation is 1. The topological polar surface area (TPSA) is 86.8 Å². The van der Waals surface area contributed by atoms with E-state index in [0.717, 1.165) is 43.9 Å². The van der Waals surface area contributed by atoms with Crippen molar-refractivity contribution in [3.05, 3.63) is 65.5 Å². The number of benzene rings is 2. The minimum Gasteiger partial charge on any atom is -0.352 e. The third-order valence-corrected chi connectivity index (χ3v) is 8.05. The SMILES string of the molecule is Cc1cccc(N(CCCC(=O)N(Cc2ccccc2F)[C@H](C)C(=O)NC2CCCCC2)S(C)(=O)=O)c1. The van der Waals surface area contributed by atoms with Crippen LogP contribution in [0.5, 0.6) is 0 Å². The van der Waals surface area contributed by atoms with Gasteiger partial charge in [0.1, 0.15) is 11.9 Å². The van der Waals surface area contributed by atoms with Crippen molar-refractivity contribution in [2.24, 2.45) is 0 Å². The van der Waals surface area contributed by atoms with Gasteiger partial charge in [-0.05, 0) is 56.9 Å². The predicted molar refractivity (Wildman–Crippen MR) is 144 cm³/mol. The number of halogens is 1. The second-order valence-corrected chi connectivity index (χ2v) is 11.8. The fourth-order valence-corrected chi connectivity index (χ4v) is 5.71. The average Bonchev–Trinajstić information content (AvgIpc) is 2.85. The van der Waals surface area contributed by atoms with Crippen LogP contribution in [0.3, 0.4) is 0 Å². The van der Waals surface area contributed by atoms with Crippen LogP contribution in [0.4, 0.5) is 10.1 Å². The second-order valence-electron chi connectivity index (χ2n) is 9.91. The molecule has 9 heteroatoms. The van der Waals surface area contributed by atoms with Gasteiger partial charge in [-0.15, -0.1) is 0 Å². The summed E-state index contributed by atoms with van der Waals surface area (Å²) in [6, 6.07) is 12.7. The summed E-state index contributed by atoms with van der Waals surface area (Å²) in [6.45, 7) is 3.61. The summed E-state index contributed by atoms with van der Waals surface area (Å²) in [5.41, 5.74) is 1.79. The van der Waals surface area contributed by atoms with Crippen LogP contribution in [0.15, 0.2) is 48.5 Å². The Morgan fingerprint density at radius 1 is 1.08 bits per heavy atom. The van der Waals surface area contributed by atoms with Gasteiger partial charge in [-0.3, -0.25) is 13.9 Å². The lowest BCUT2D eigenvalue weighted by atomic mass is 9.95. The minimum atomic E-state index is -3.56. The van der Waals surface area contributed by atoms with E-state index in [9.17, 15) is 22.4 Å². The van der Waals surface area contributed by atoms with E-state index in [0.29, 0.717) is 11.3 Å². The van der Waals surface area contributed by atoms with Crippen molar-refractivity contribution < 1.29 is 22.4 Å². The van der Waals surface area contributed by atoms with Gasteiger partial charge in [-0.25, -0.2) is 12.8 Å². The molecule has 1 N–H and O–H groups in total. The summed E-state index contributed by atoms with van der Waals surface area (Å²) < 4.78 is 40.6. The number of nitrogens with zero attached hydrogens (tertiary/aromatic N) is 2. The molecule has 3 rings (SSSR count). The van der Waals surface area contributed by atoms with Crippen LogP contribution in [-0.2, 0) is 26.2 Å². The summed E-state index contributed by atoms with van der Waals surface area (Å²) >= 11 is 0. The Bertz CT molecular complexity index is 1180. The Labute approximate surface area is 220 Å². The molecule has 0 aromatic heterocycles. The monoisotopic (exact) mass is 531 g/mol. The lowest BCUT2D eigenvalue weighted by molar-refractivity contribution is -0.141. The van der Waals surface area contributed by atoms with E-state index >= 15 is 0 Å². The molecule has 1 saturated carbocycles. The Morgan fingerprint density at radius 2 is 1.78 bits per heavy atom. The quantitative estimate of drug-likeness (QED) is 0.461. The minimum absolute atomic E-state index is 0.0212. The highest BCUT2D eigenvalue weighted by molar-refractivity contribution is 7.92. The van der Waals surface area contributed by atoms with Gasteiger partial charge < -0.3 is 10.2 Å². The van der Waals surface area contributed by atoms with Gasteiger partial charge in [0.15, 0.2) is 0 Å². The molecule has 1 aliphatic rings. The molecule has 7 nitrogen and oxygen atoms in total. The molecule has 202 valence electrons. The van der Waals surface area contributed by atoms with E-state index < -0.39 is 21.9 Å². The largest absolute Gasteiger partial charge is 0.352 e. The van der Waals surface area contributed by atoms with E-state index in [1.54, 1.807) is 43.3 Å². The van der Waals surface area contributed by atoms with Crippen LogP contribution in [-0.4, -0.2) is 50.0 Å². The Balaban J connectivity index is 1.72. The van der Waals surface area contributed by atoms with Crippen molar-refractivity contribution in [2.45, 2.75) is 77.4 Å². The average molecular weight is 532 g/mol. The van der Waals surface area contributed by atoms with E-state index in [4.69, 9.17) is 0 Å². The first-order chi connectivity index (χ1) is 17.6. The highest BCUT2D eigenvalue weighted by Gasteiger charge is 2.29. The molecule has 0 unspecified atom stereocenters. The molecule has 1 fully saturated rings.